The lowest BCUT2D eigenvalue weighted by molar-refractivity contribution is 0.103. The molecule has 1 heteroatoms. The SMILES string of the molecule is CC(C)c1cc(C(C)C)c(C(=O)c2ccc(C(C)(C)C)cc2)c(C(C)C)c1. The molecule has 0 atom stereocenters. The summed E-state index contributed by atoms with van der Waals surface area (Å²) in [6, 6.07) is 12.7. The summed E-state index contributed by atoms with van der Waals surface area (Å²) in [5, 5.41) is 0. The van der Waals surface area contributed by atoms with Crippen molar-refractivity contribution in [2.75, 3.05) is 0 Å². The first kappa shape index (κ1) is 21.4. The highest BCUT2D eigenvalue weighted by molar-refractivity contribution is 6.11. The number of carbonyl (C=O) groups is 1. The molecule has 2 aromatic rings. The molecule has 0 saturated heterocycles. The van der Waals surface area contributed by atoms with E-state index in [0.29, 0.717) is 17.8 Å². The molecule has 0 aliphatic carbocycles. The van der Waals surface area contributed by atoms with Gasteiger partial charge >= 0.3 is 0 Å². The number of hydrogen-bond donors (Lipinski definition) is 0. The molecule has 2 aromatic carbocycles. The summed E-state index contributed by atoms with van der Waals surface area (Å²) >= 11 is 0. The molecule has 0 unspecified atom stereocenters. The molecule has 0 amide bonds. The third-order valence-corrected chi connectivity index (χ3v) is 5.37. The van der Waals surface area contributed by atoms with Gasteiger partial charge in [-0.2, -0.15) is 0 Å². The van der Waals surface area contributed by atoms with Gasteiger partial charge in [-0.05, 0) is 45.4 Å². The normalized spacial score (nSPS) is 12.3. The molecule has 0 bridgehead atoms. The first-order chi connectivity index (χ1) is 12.4. The first-order valence-corrected chi connectivity index (χ1v) is 10.3. The van der Waals surface area contributed by atoms with Gasteiger partial charge < -0.3 is 0 Å². The Hall–Kier alpha value is -1.89. The predicted molar refractivity (Wildman–Crippen MR) is 117 cm³/mol. The topological polar surface area (TPSA) is 17.1 Å². The van der Waals surface area contributed by atoms with Crippen LogP contribution in [0.15, 0.2) is 36.4 Å². The van der Waals surface area contributed by atoms with Gasteiger partial charge in [-0.3, -0.25) is 4.79 Å². The van der Waals surface area contributed by atoms with E-state index in [2.05, 4.69) is 86.6 Å². The number of hydrogen-bond acceptors (Lipinski definition) is 1. The lowest BCUT2D eigenvalue weighted by Gasteiger charge is -2.23. The van der Waals surface area contributed by atoms with Gasteiger partial charge in [0.15, 0.2) is 5.78 Å². The quantitative estimate of drug-likeness (QED) is 0.500. The highest BCUT2D eigenvalue weighted by Crippen LogP contribution is 2.34. The number of rotatable bonds is 5. The van der Waals surface area contributed by atoms with Gasteiger partial charge in [-0.25, -0.2) is 0 Å². The summed E-state index contributed by atoms with van der Waals surface area (Å²) in [4.78, 5) is 13.5. The van der Waals surface area contributed by atoms with Crippen LogP contribution in [-0.4, -0.2) is 5.78 Å². The van der Waals surface area contributed by atoms with Crippen LogP contribution in [0.5, 0.6) is 0 Å². The average Bonchev–Trinajstić information content (AvgIpc) is 2.59. The molecule has 0 heterocycles. The van der Waals surface area contributed by atoms with Gasteiger partial charge in [0.1, 0.15) is 0 Å². The van der Waals surface area contributed by atoms with Crippen LogP contribution in [0.4, 0.5) is 0 Å². The van der Waals surface area contributed by atoms with E-state index in [1.807, 2.05) is 12.1 Å². The maximum Gasteiger partial charge on any atom is 0.193 e. The van der Waals surface area contributed by atoms with Crippen molar-refractivity contribution in [1.82, 2.24) is 0 Å². The Balaban J connectivity index is 2.63. The minimum absolute atomic E-state index is 0.0900. The molecular formula is C26H36O. The Morgan fingerprint density at radius 2 is 1.19 bits per heavy atom. The van der Waals surface area contributed by atoms with E-state index < -0.39 is 0 Å². The summed E-state index contributed by atoms with van der Waals surface area (Å²) in [7, 11) is 0. The van der Waals surface area contributed by atoms with Crippen LogP contribution in [0.1, 0.15) is 118 Å². The molecule has 0 fully saturated rings. The van der Waals surface area contributed by atoms with Gasteiger partial charge in [0.2, 0.25) is 0 Å². The highest BCUT2D eigenvalue weighted by Gasteiger charge is 2.23. The summed E-state index contributed by atoms with van der Waals surface area (Å²) in [5.74, 6) is 1.23. The number of carbonyl (C=O) groups excluding carboxylic acids is 1. The van der Waals surface area contributed by atoms with Crippen LogP contribution < -0.4 is 0 Å². The van der Waals surface area contributed by atoms with E-state index in [9.17, 15) is 4.79 Å². The summed E-state index contributed by atoms with van der Waals surface area (Å²) < 4.78 is 0. The number of benzene rings is 2. The minimum atomic E-state index is 0.0900. The molecule has 0 spiro atoms. The van der Waals surface area contributed by atoms with Crippen molar-refractivity contribution in [3.05, 3.63) is 69.8 Å². The zero-order valence-corrected chi connectivity index (χ0v) is 18.6. The monoisotopic (exact) mass is 364 g/mol. The Morgan fingerprint density at radius 3 is 1.52 bits per heavy atom. The summed E-state index contributed by atoms with van der Waals surface area (Å²) in [5.41, 5.74) is 6.71. The maximum absolute atomic E-state index is 13.5. The van der Waals surface area contributed by atoms with Crippen LogP contribution in [-0.2, 0) is 5.41 Å². The van der Waals surface area contributed by atoms with E-state index in [4.69, 9.17) is 0 Å². The maximum atomic E-state index is 13.5. The lowest BCUT2D eigenvalue weighted by Crippen LogP contribution is -2.14. The van der Waals surface area contributed by atoms with E-state index in [1.165, 1.54) is 22.3 Å². The van der Waals surface area contributed by atoms with Gasteiger partial charge in [0, 0.05) is 11.1 Å². The molecule has 27 heavy (non-hydrogen) atoms. The van der Waals surface area contributed by atoms with Crippen LogP contribution in [0.25, 0.3) is 0 Å². The molecule has 0 aromatic heterocycles. The van der Waals surface area contributed by atoms with E-state index in [0.717, 1.165) is 11.1 Å². The molecule has 1 nitrogen and oxygen atoms in total. The first-order valence-electron chi connectivity index (χ1n) is 10.3. The molecule has 0 N–H and O–H groups in total. The molecule has 0 radical (unpaired) electrons. The Kier molecular flexibility index (Phi) is 6.35. The molecule has 0 aliphatic heterocycles. The molecule has 146 valence electrons. The smallest absolute Gasteiger partial charge is 0.193 e. The largest absolute Gasteiger partial charge is 0.289 e. The zero-order valence-electron chi connectivity index (χ0n) is 18.6. The Labute approximate surface area is 166 Å². The molecular weight excluding hydrogens is 328 g/mol. The number of ketones is 1. The van der Waals surface area contributed by atoms with Gasteiger partial charge in [-0.1, -0.05) is 98.7 Å². The Bertz CT molecular complexity index is 770. The van der Waals surface area contributed by atoms with Crippen LogP contribution in [0, 0.1) is 0 Å². The van der Waals surface area contributed by atoms with Gasteiger partial charge in [0.25, 0.3) is 0 Å². The lowest BCUT2D eigenvalue weighted by atomic mass is 9.81. The van der Waals surface area contributed by atoms with Crippen molar-refractivity contribution in [2.45, 2.75) is 85.5 Å². The second kappa shape index (κ2) is 8.00. The van der Waals surface area contributed by atoms with E-state index in [-0.39, 0.29) is 11.2 Å². The third kappa shape index (κ3) is 4.69. The van der Waals surface area contributed by atoms with Crippen molar-refractivity contribution < 1.29 is 4.79 Å². The predicted octanol–water partition coefficient (Wildman–Crippen LogP) is 7.59. The minimum Gasteiger partial charge on any atom is -0.289 e. The average molecular weight is 365 g/mol. The van der Waals surface area contributed by atoms with E-state index in [1.54, 1.807) is 0 Å². The van der Waals surface area contributed by atoms with Crippen LogP contribution in [0.3, 0.4) is 0 Å². The second-order valence-corrected chi connectivity index (χ2v) is 9.69. The van der Waals surface area contributed by atoms with Crippen molar-refractivity contribution in [1.29, 1.82) is 0 Å². The molecule has 0 aliphatic rings. The van der Waals surface area contributed by atoms with Gasteiger partial charge in [-0.15, -0.1) is 0 Å². The summed E-state index contributed by atoms with van der Waals surface area (Å²) in [6.07, 6.45) is 0. The second-order valence-electron chi connectivity index (χ2n) is 9.69. The fourth-order valence-corrected chi connectivity index (χ4v) is 3.48. The third-order valence-electron chi connectivity index (χ3n) is 5.37. The van der Waals surface area contributed by atoms with Crippen molar-refractivity contribution in [3.63, 3.8) is 0 Å². The molecule has 2 rings (SSSR count). The standard InChI is InChI=1S/C26H36O/c1-16(2)20-14-22(17(3)4)24(23(15-20)18(5)6)25(27)19-10-12-21(13-11-19)26(7,8)9/h10-18H,1-9H3. The zero-order chi connectivity index (χ0) is 20.5. The fourth-order valence-electron chi connectivity index (χ4n) is 3.48. The van der Waals surface area contributed by atoms with Crippen molar-refractivity contribution >= 4 is 5.78 Å². The van der Waals surface area contributed by atoms with Crippen molar-refractivity contribution in [2.24, 2.45) is 0 Å². The molecule has 0 saturated carbocycles. The van der Waals surface area contributed by atoms with E-state index >= 15 is 0 Å². The van der Waals surface area contributed by atoms with Gasteiger partial charge in [0.05, 0.1) is 0 Å². The van der Waals surface area contributed by atoms with Crippen LogP contribution >= 0.6 is 0 Å². The summed E-state index contributed by atoms with van der Waals surface area (Å²) in [6.45, 7) is 19.8. The Morgan fingerprint density at radius 1 is 0.741 bits per heavy atom. The highest BCUT2D eigenvalue weighted by atomic mass is 16.1. The van der Waals surface area contributed by atoms with Crippen LogP contribution in [0.2, 0.25) is 0 Å². The fraction of sp³-hybridized carbons (Fsp3) is 0.500. The van der Waals surface area contributed by atoms with Crippen molar-refractivity contribution in [3.8, 4) is 0 Å².